The summed E-state index contributed by atoms with van der Waals surface area (Å²) in [5.41, 5.74) is 0. The van der Waals surface area contributed by atoms with E-state index in [2.05, 4.69) is 17.1 Å². The fourth-order valence-electron chi connectivity index (χ4n) is 2.12. The lowest BCUT2D eigenvalue weighted by Crippen LogP contribution is -2.54. The summed E-state index contributed by atoms with van der Waals surface area (Å²) in [5.74, 6) is -1.12. The molecule has 7 nitrogen and oxygen atoms in total. The first-order chi connectivity index (χ1) is 9.08. The van der Waals surface area contributed by atoms with Crippen molar-refractivity contribution in [3.05, 3.63) is 0 Å². The van der Waals surface area contributed by atoms with Crippen LogP contribution < -0.4 is 5.32 Å². The summed E-state index contributed by atoms with van der Waals surface area (Å²) in [4.78, 5) is 26.7. The summed E-state index contributed by atoms with van der Waals surface area (Å²) in [6, 6.07) is -1.39. The second-order valence-corrected chi connectivity index (χ2v) is 4.68. The Balaban J connectivity index is 2.39. The topological polar surface area (TPSA) is 93.1 Å². The largest absolute Gasteiger partial charge is 0.480 e. The zero-order valence-electron chi connectivity index (χ0n) is 11.3. The number of nitrogens with zero attached hydrogens (tertiary/aromatic N) is 2. The number of aliphatic hydroxyl groups excluding tert-OH is 1. The predicted octanol–water partition coefficient (Wildman–Crippen LogP) is -0.441. The molecule has 3 N–H and O–H groups in total. The highest BCUT2D eigenvalue weighted by atomic mass is 16.4. The van der Waals surface area contributed by atoms with E-state index in [1.165, 1.54) is 0 Å². The van der Waals surface area contributed by atoms with E-state index in [1.54, 1.807) is 4.90 Å². The van der Waals surface area contributed by atoms with Crippen molar-refractivity contribution in [2.24, 2.45) is 0 Å². The van der Waals surface area contributed by atoms with Crippen molar-refractivity contribution in [2.45, 2.75) is 25.8 Å². The molecule has 0 radical (unpaired) electrons. The van der Waals surface area contributed by atoms with Crippen LogP contribution in [0.15, 0.2) is 0 Å². The number of carbonyl (C=O) groups excluding carboxylic acids is 1. The van der Waals surface area contributed by atoms with Gasteiger partial charge in [-0.3, -0.25) is 4.90 Å². The molecule has 1 aliphatic heterocycles. The molecule has 1 heterocycles. The van der Waals surface area contributed by atoms with Gasteiger partial charge in [-0.15, -0.1) is 0 Å². The van der Waals surface area contributed by atoms with Gasteiger partial charge < -0.3 is 20.4 Å². The van der Waals surface area contributed by atoms with E-state index in [0.29, 0.717) is 13.1 Å². The number of aliphatic carboxylic acids is 1. The summed E-state index contributed by atoms with van der Waals surface area (Å²) in [5, 5.41) is 20.1. The molecule has 0 aromatic carbocycles. The van der Waals surface area contributed by atoms with Gasteiger partial charge in [0.15, 0.2) is 0 Å². The van der Waals surface area contributed by atoms with Gasteiger partial charge in [-0.2, -0.15) is 0 Å². The molecule has 0 aliphatic carbocycles. The van der Waals surface area contributed by atoms with E-state index in [-0.39, 0.29) is 19.1 Å². The van der Waals surface area contributed by atoms with E-state index in [9.17, 15) is 9.59 Å². The van der Waals surface area contributed by atoms with Gasteiger partial charge in [0.2, 0.25) is 0 Å². The highest BCUT2D eigenvalue weighted by Crippen LogP contribution is 2.03. The molecule has 0 bridgehead atoms. The number of hydrogen-bond donors (Lipinski definition) is 3. The maximum Gasteiger partial charge on any atom is 0.326 e. The number of nitrogens with one attached hydrogen (secondary N) is 1. The van der Waals surface area contributed by atoms with Crippen LogP contribution in [0.5, 0.6) is 0 Å². The molecule has 1 fully saturated rings. The van der Waals surface area contributed by atoms with Crippen molar-refractivity contribution in [3.8, 4) is 0 Å². The van der Waals surface area contributed by atoms with Crippen LogP contribution >= 0.6 is 0 Å². The molecule has 0 spiro atoms. The van der Waals surface area contributed by atoms with Gasteiger partial charge in [-0.25, -0.2) is 9.59 Å². The zero-order valence-corrected chi connectivity index (χ0v) is 11.3. The minimum absolute atomic E-state index is 0.0247. The smallest absolute Gasteiger partial charge is 0.326 e. The summed E-state index contributed by atoms with van der Waals surface area (Å²) in [6.07, 6.45) is 1.11. The number of carboxylic acids is 1. The Morgan fingerprint density at radius 1 is 1.26 bits per heavy atom. The molecule has 1 atom stereocenters. The third-order valence-corrected chi connectivity index (χ3v) is 3.21. The first kappa shape index (κ1) is 15.7. The summed E-state index contributed by atoms with van der Waals surface area (Å²) < 4.78 is 0. The average molecular weight is 273 g/mol. The number of aliphatic hydroxyl groups is 1. The van der Waals surface area contributed by atoms with Gasteiger partial charge in [-0.05, 0) is 13.0 Å². The van der Waals surface area contributed by atoms with Crippen LogP contribution in [0.2, 0.25) is 0 Å². The Hall–Kier alpha value is -1.34. The number of carbonyl (C=O) groups is 2. The van der Waals surface area contributed by atoms with E-state index in [4.69, 9.17) is 10.2 Å². The molecular formula is C12H23N3O4. The Bertz CT molecular complexity index is 303. The van der Waals surface area contributed by atoms with Gasteiger partial charge in [-0.1, -0.05) is 6.92 Å². The average Bonchev–Trinajstić information content (AvgIpc) is 2.39. The van der Waals surface area contributed by atoms with E-state index in [1.807, 2.05) is 0 Å². The van der Waals surface area contributed by atoms with Gasteiger partial charge in [0.1, 0.15) is 6.04 Å². The number of piperazine rings is 1. The van der Waals surface area contributed by atoms with E-state index < -0.39 is 12.0 Å². The molecule has 0 saturated carbocycles. The van der Waals surface area contributed by atoms with Crippen molar-refractivity contribution < 1.29 is 19.8 Å². The van der Waals surface area contributed by atoms with Gasteiger partial charge in [0.05, 0.1) is 0 Å². The second-order valence-electron chi connectivity index (χ2n) is 4.68. The third-order valence-electron chi connectivity index (χ3n) is 3.21. The molecule has 1 rings (SSSR count). The number of hydrogen-bond acceptors (Lipinski definition) is 4. The first-order valence-electron chi connectivity index (χ1n) is 6.70. The summed E-state index contributed by atoms with van der Waals surface area (Å²) in [7, 11) is 0. The fourth-order valence-corrected chi connectivity index (χ4v) is 2.12. The number of rotatable bonds is 6. The molecule has 1 saturated heterocycles. The van der Waals surface area contributed by atoms with Crippen LogP contribution in [-0.2, 0) is 4.79 Å². The minimum Gasteiger partial charge on any atom is -0.480 e. The number of amides is 2. The second kappa shape index (κ2) is 7.96. The summed E-state index contributed by atoms with van der Waals surface area (Å²) >= 11 is 0. The monoisotopic (exact) mass is 273 g/mol. The standard InChI is InChI=1S/C12H23N3O4/c1-2-4-14-5-7-15(8-6-14)12(19)13-10(3-9-16)11(17)18/h10,16H,2-9H2,1H3,(H,13,19)(H,17,18)/t10-/m0/s1. The summed E-state index contributed by atoms with van der Waals surface area (Å²) in [6.45, 7) is 5.73. The number of urea groups is 1. The number of carboxylic acid groups (broad SMARTS) is 1. The SMILES string of the molecule is CCCN1CCN(C(=O)N[C@@H](CCO)C(=O)O)CC1. The first-order valence-corrected chi connectivity index (χ1v) is 6.70. The van der Waals surface area contributed by atoms with Crippen LogP contribution in [0.4, 0.5) is 4.79 Å². The van der Waals surface area contributed by atoms with Crippen LogP contribution in [0.25, 0.3) is 0 Å². The van der Waals surface area contributed by atoms with Gasteiger partial charge >= 0.3 is 12.0 Å². The van der Waals surface area contributed by atoms with Crippen LogP contribution in [0.3, 0.4) is 0 Å². The van der Waals surface area contributed by atoms with Crippen LogP contribution in [0, 0.1) is 0 Å². The van der Waals surface area contributed by atoms with Crippen molar-refractivity contribution in [1.82, 2.24) is 15.1 Å². The molecule has 0 aromatic rings. The normalized spacial score (nSPS) is 18.1. The quantitative estimate of drug-likeness (QED) is 0.610. The lowest BCUT2D eigenvalue weighted by molar-refractivity contribution is -0.139. The maximum absolute atomic E-state index is 11.9. The molecular weight excluding hydrogens is 250 g/mol. The van der Waals surface area contributed by atoms with Crippen molar-refractivity contribution in [1.29, 1.82) is 0 Å². The Labute approximate surface area is 113 Å². The van der Waals surface area contributed by atoms with Gasteiger partial charge in [0.25, 0.3) is 0 Å². The van der Waals surface area contributed by atoms with E-state index >= 15 is 0 Å². The molecule has 7 heteroatoms. The Morgan fingerprint density at radius 3 is 2.37 bits per heavy atom. The van der Waals surface area contributed by atoms with E-state index in [0.717, 1.165) is 26.1 Å². The molecule has 19 heavy (non-hydrogen) atoms. The lowest BCUT2D eigenvalue weighted by Gasteiger charge is -2.35. The van der Waals surface area contributed by atoms with Crippen LogP contribution in [0.1, 0.15) is 19.8 Å². The molecule has 0 unspecified atom stereocenters. The highest BCUT2D eigenvalue weighted by Gasteiger charge is 2.25. The highest BCUT2D eigenvalue weighted by molar-refractivity contribution is 5.82. The lowest BCUT2D eigenvalue weighted by atomic mass is 10.2. The van der Waals surface area contributed by atoms with Crippen molar-refractivity contribution >= 4 is 12.0 Å². The Morgan fingerprint density at radius 2 is 1.89 bits per heavy atom. The predicted molar refractivity (Wildman–Crippen MR) is 70.0 cm³/mol. The fraction of sp³-hybridized carbons (Fsp3) is 0.833. The van der Waals surface area contributed by atoms with Crippen molar-refractivity contribution in [3.63, 3.8) is 0 Å². The molecule has 2 amide bonds. The molecule has 1 aliphatic rings. The molecule has 110 valence electrons. The van der Waals surface area contributed by atoms with Gasteiger partial charge in [0, 0.05) is 39.2 Å². The molecule has 0 aromatic heterocycles. The maximum atomic E-state index is 11.9. The Kier molecular flexibility index (Phi) is 6.58. The zero-order chi connectivity index (χ0) is 14.3. The van der Waals surface area contributed by atoms with Crippen LogP contribution in [-0.4, -0.2) is 77.4 Å². The third kappa shape index (κ3) is 5.04. The minimum atomic E-state index is -1.12. The van der Waals surface area contributed by atoms with Crippen molar-refractivity contribution in [2.75, 3.05) is 39.3 Å².